The molecule has 0 amide bonds. The van der Waals surface area contributed by atoms with Gasteiger partial charge >= 0.3 is 0 Å². The molecule has 0 bridgehead atoms. The second kappa shape index (κ2) is 5.89. The van der Waals surface area contributed by atoms with Gasteiger partial charge in [-0.1, -0.05) is 44.8 Å². The first-order valence-corrected chi connectivity index (χ1v) is 12.7. The smallest absolute Gasteiger partial charge is 0.0930 e. The van der Waals surface area contributed by atoms with Gasteiger partial charge in [0.15, 0.2) is 0 Å². The number of hydrogen-bond donors (Lipinski definition) is 0. The molecule has 5 aliphatic carbocycles. The lowest BCUT2D eigenvalue weighted by Crippen LogP contribution is -2.51. The Balaban J connectivity index is 1.28. The number of allylic oxidation sites excluding steroid dienone is 1. The van der Waals surface area contributed by atoms with Crippen LogP contribution in [0.1, 0.15) is 110 Å². The van der Waals surface area contributed by atoms with Crippen LogP contribution >= 0.6 is 0 Å². The largest absolute Gasteiger partial charge is 0.366 e. The van der Waals surface area contributed by atoms with Crippen molar-refractivity contribution in [3.8, 4) is 0 Å². The Bertz CT molecular complexity index is 668. The lowest BCUT2D eigenvalue weighted by Gasteiger charge is -2.58. The second-order valence-electron chi connectivity index (χ2n) is 12.8. The van der Waals surface area contributed by atoms with Gasteiger partial charge in [0.25, 0.3) is 0 Å². The zero-order valence-corrected chi connectivity index (χ0v) is 18.5. The Morgan fingerprint density at radius 3 is 2.39 bits per heavy atom. The van der Waals surface area contributed by atoms with E-state index in [9.17, 15) is 0 Å². The highest BCUT2D eigenvalue weighted by atomic mass is 16.6. The van der Waals surface area contributed by atoms with Crippen molar-refractivity contribution in [2.45, 2.75) is 122 Å². The lowest BCUT2D eigenvalue weighted by molar-refractivity contribution is -0.0683. The molecule has 0 aromatic heterocycles. The van der Waals surface area contributed by atoms with E-state index in [1.54, 1.807) is 5.57 Å². The van der Waals surface area contributed by atoms with Crippen molar-refractivity contribution < 1.29 is 4.74 Å². The van der Waals surface area contributed by atoms with E-state index >= 15 is 0 Å². The molecule has 1 saturated heterocycles. The SMILES string of the molecule is C=C1CC2(CCC3(CCCC3)C2)C2OC2(C)CCC2C1CC2(C)C1CCCC1. The van der Waals surface area contributed by atoms with Crippen LogP contribution in [0.5, 0.6) is 0 Å². The van der Waals surface area contributed by atoms with Crippen molar-refractivity contribution in [1.29, 1.82) is 0 Å². The van der Waals surface area contributed by atoms with E-state index in [1.807, 2.05) is 0 Å². The minimum Gasteiger partial charge on any atom is -0.366 e. The summed E-state index contributed by atoms with van der Waals surface area (Å²) in [5, 5.41) is 0. The molecule has 6 fully saturated rings. The fourth-order valence-electron chi connectivity index (χ4n) is 9.76. The van der Waals surface area contributed by atoms with Gasteiger partial charge in [0.05, 0.1) is 11.7 Å². The Hall–Kier alpha value is -0.300. The first kappa shape index (κ1) is 18.5. The van der Waals surface area contributed by atoms with Crippen LogP contribution in [0.2, 0.25) is 0 Å². The molecule has 6 atom stereocenters. The van der Waals surface area contributed by atoms with Gasteiger partial charge in [0.2, 0.25) is 0 Å². The van der Waals surface area contributed by atoms with E-state index in [4.69, 9.17) is 11.3 Å². The maximum absolute atomic E-state index is 6.63. The number of fused-ring (bicyclic) bond motifs is 3. The lowest BCUT2D eigenvalue weighted by atomic mass is 9.46. The predicted molar refractivity (Wildman–Crippen MR) is 115 cm³/mol. The minimum atomic E-state index is 0.186. The fourth-order valence-corrected chi connectivity index (χ4v) is 9.76. The van der Waals surface area contributed by atoms with E-state index in [-0.39, 0.29) is 5.60 Å². The van der Waals surface area contributed by atoms with Crippen LogP contribution in [0.3, 0.4) is 0 Å². The molecule has 0 aromatic carbocycles. The van der Waals surface area contributed by atoms with E-state index in [1.165, 1.54) is 96.3 Å². The molecular weight excluding hydrogens is 340 g/mol. The van der Waals surface area contributed by atoms with Crippen molar-refractivity contribution in [2.24, 2.45) is 34.0 Å². The predicted octanol–water partition coefficient (Wildman–Crippen LogP) is 7.45. The van der Waals surface area contributed by atoms with Gasteiger partial charge in [-0.05, 0) is 106 Å². The Kier molecular flexibility index (Phi) is 3.89. The second-order valence-corrected chi connectivity index (χ2v) is 12.8. The van der Waals surface area contributed by atoms with Crippen LogP contribution < -0.4 is 0 Å². The molecule has 1 nitrogen and oxygen atoms in total. The Labute approximate surface area is 173 Å². The molecule has 1 heterocycles. The highest BCUT2D eigenvalue weighted by Crippen LogP contribution is 2.71. The Morgan fingerprint density at radius 1 is 0.893 bits per heavy atom. The molecule has 0 aromatic rings. The van der Waals surface area contributed by atoms with Crippen LogP contribution in [0, 0.1) is 34.0 Å². The third kappa shape index (κ3) is 2.47. The van der Waals surface area contributed by atoms with Crippen molar-refractivity contribution in [3.05, 3.63) is 12.2 Å². The van der Waals surface area contributed by atoms with Crippen LogP contribution in [-0.2, 0) is 4.74 Å². The third-order valence-electron chi connectivity index (χ3n) is 11.3. The molecule has 2 spiro atoms. The molecule has 6 aliphatic rings. The van der Waals surface area contributed by atoms with Crippen molar-refractivity contribution in [3.63, 3.8) is 0 Å². The molecular formula is C27H42O. The maximum Gasteiger partial charge on any atom is 0.0930 e. The number of rotatable bonds is 1. The topological polar surface area (TPSA) is 12.5 Å². The van der Waals surface area contributed by atoms with Gasteiger partial charge < -0.3 is 4.74 Å². The first-order chi connectivity index (χ1) is 13.4. The fraction of sp³-hybridized carbons (Fsp3) is 0.926. The number of epoxide rings is 1. The van der Waals surface area contributed by atoms with Gasteiger partial charge in [0.1, 0.15) is 0 Å². The Morgan fingerprint density at radius 2 is 1.64 bits per heavy atom. The molecule has 6 unspecified atom stereocenters. The summed E-state index contributed by atoms with van der Waals surface area (Å²) in [5.74, 6) is 2.71. The molecule has 156 valence electrons. The summed E-state index contributed by atoms with van der Waals surface area (Å²) in [6.07, 6.45) is 22.2. The summed E-state index contributed by atoms with van der Waals surface area (Å²) in [6.45, 7) is 9.91. The summed E-state index contributed by atoms with van der Waals surface area (Å²) < 4.78 is 6.63. The number of hydrogen-bond acceptors (Lipinski definition) is 1. The first-order valence-electron chi connectivity index (χ1n) is 12.7. The zero-order chi connectivity index (χ0) is 19.2. The third-order valence-corrected chi connectivity index (χ3v) is 11.3. The van der Waals surface area contributed by atoms with Crippen LogP contribution in [0.15, 0.2) is 12.2 Å². The molecule has 5 saturated carbocycles. The van der Waals surface area contributed by atoms with Gasteiger partial charge in [-0.2, -0.15) is 0 Å². The maximum atomic E-state index is 6.63. The van der Waals surface area contributed by atoms with Crippen molar-refractivity contribution in [1.82, 2.24) is 0 Å². The average molecular weight is 383 g/mol. The zero-order valence-electron chi connectivity index (χ0n) is 18.5. The van der Waals surface area contributed by atoms with Crippen molar-refractivity contribution >= 4 is 0 Å². The molecule has 1 heteroatoms. The van der Waals surface area contributed by atoms with Crippen LogP contribution in [0.4, 0.5) is 0 Å². The van der Waals surface area contributed by atoms with Gasteiger partial charge in [-0.15, -0.1) is 0 Å². The standard InChI is InChI=1S/C27H42O/c1-19-16-27(15-14-26(18-27)11-6-7-12-26)23-25(3,28-23)13-10-22-21(19)17-24(22,2)20-8-4-5-9-20/h20-23H,1,4-18H2,2-3H3. The van der Waals surface area contributed by atoms with E-state index < -0.39 is 0 Å². The highest BCUT2D eigenvalue weighted by molar-refractivity contribution is 5.24. The summed E-state index contributed by atoms with van der Waals surface area (Å²) >= 11 is 0. The van der Waals surface area contributed by atoms with E-state index in [2.05, 4.69) is 13.8 Å². The minimum absolute atomic E-state index is 0.186. The highest BCUT2D eigenvalue weighted by Gasteiger charge is 2.68. The summed E-state index contributed by atoms with van der Waals surface area (Å²) in [6, 6.07) is 0. The van der Waals surface area contributed by atoms with Crippen LogP contribution in [-0.4, -0.2) is 11.7 Å². The number of ether oxygens (including phenoxy) is 1. The summed E-state index contributed by atoms with van der Waals surface area (Å²) in [4.78, 5) is 0. The molecule has 0 N–H and O–H groups in total. The summed E-state index contributed by atoms with van der Waals surface area (Å²) in [7, 11) is 0. The van der Waals surface area contributed by atoms with Gasteiger partial charge in [0, 0.05) is 5.41 Å². The molecule has 28 heavy (non-hydrogen) atoms. The normalized spacial score (nSPS) is 52.8. The van der Waals surface area contributed by atoms with Gasteiger partial charge in [-0.25, -0.2) is 0 Å². The van der Waals surface area contributed by atoms with Crippen LogP contribution in [0.25, 0.3) is 0 Å². The average Bonchev–Trinajstić information content (AvgIpc) is 3.15. The molecule has 6 rings (SSSR count). The monoisotopic (exact) mass is 382 g/mol. The van der Waals surface area contributed by atoms with Crippen molar-refractivity contribution in [2.75, 3.05) is 0 Å². The molecule has 1 aliphatic heterocycles. The van der Waals surface area contributed by atoms with E-state index in [0.29, 0.717) is 22.3 Å². The van der Waals surface area contributed by atoms with E-state index in [0.717, 1.165) is 17.8 Å². The molecule has 0 radical (unpaired) electrons. The van der Waals surface area contributed by atoms with Gasteiger partial charge in [-0.3, -0.25) is 0 Å². The summed E-state index contributed by atoms with van der Waals surface area (Å²) in [5.41, 5.74) is 3.54. The quantitative estimate of drug-likeness (QED) is 0.339.